The SMILES string of the molecule is Cc1cc(C(O)c2cc(C)cc(C(C)(C)C)c2-c2cc(C(=O)O)ccc2C(=O)O)cc(C(C)(C)C)c1. The number of benzene rings is 3. The molecule has 0 heterocycles. The highest BCUT2D eigenvalue weighted by Gasteiger charge is 2.29. The molecule has 0 amide bonds. The van der Waals surface area contributed by atoms with E-state index in [1.165, 1.54) is 18.2 Å². The van der Waals surface area contributed by atoms with Crippen molar-refractivity contribution in [1.82, 2.24) is 0 Å². The minimum absolute atomic E-state index is 0.0116. The van der Waals surface area contributed by atoms with E-state index in [1.54, 1.807) is 0 Å². The van der Waals surface area contributed by atoms with E-state index in [-0.39, 0.29) is 22.1 Å². The average molecular weight is 489 g/mol. The molecule has 0 bridgehead atoms. The Labute approximate surface area is 213 Å². The first-order chi connectivity index (χ1) is 16.5. The fourth-order valence-electron chi connectivity index (χ4n) is 4.58. The number of hydrogen-bond acceptors (Lipinski definition) is 3. The number of carbonyl (C=O) groups is 2. The van der Waals surface area contributed by atoms with Gasteiger partial charge in [-0.2, -0.15) is 0 Å². The predicted octanol–water partition coefficient (Wildman–Crippen LogP) is 7.04. The lowest BCUT2D eigenvalue weighted by Crippen LogP contribution is -2.18. The Morgan fingerprint density at radius 1 is 0.750 bits per heavy atom. The van der Waals surface area contributed by atoms with Crippen LogP contribution in [0.4, 0.5) is 0 Å². The van der Waals surface area contributed by atoms with Gasteiger partial charge >= 0.3 is 11.9 Å². The summed E-state index contributed by atoms with van der Waals surface area (Å²) in [6.07, 6.45) is -1.04. The standard InChI is InChI=1S/C31H36O5/c1-17-11-20(15-21(12-17)30(3,4)5)27(32)24-13-18(2)14-25(31(6,7)8)26(24)23-16-19(28(33)34)9-10-22(23)29(35)36/h9-16,27,32H,1-8H3,(H,33,34)(H,35,36). The first kappa shape index (κ1) is 27.2. The molecule has 0 radical (unpaired) electrons. The van der Waals surface area contributed by atoms with Crippen molar-refractivity contribution >= 4 is 11.9 Å². The van der Waals surface area contributed by atoms with Crippen molar-refractivity contribution in [3.63, 3.8) is 0 Å². The van der Waals surface area contributed by atoms with E-state index in [4.69, 9.17) is 0 Å². The van der Waals surface area contributed by atoms with E-state index >= 15 is 0 Å². The minimum atomic E-state index is -1.16. The predicted molar refractivity (Wildman–Crippen MR) is 143 cm³/mol. The Kier molecular flexibility index (Phi) is 7.20. The first-order valence-electron chi connectivity index (χ1n) is 12.1. The molecule has 0 fully saturated rings. The van der Waals surface area contributed by atoms with E-state index < -0.39 is 23.5 Å². The number of aliphatic hydroxyl groups excluding tert-OH is 1. The van der Waals surface area contributed by atoms with Crippen LogP contribution in [-0.4, -0.2) is 27.3 Å². The monoisotopic (exact) mass is 488 g/mol. The van der Waals surface area contributed by atoms with Crippen molar-refractivity contribution in [2.24, 2.45) is 0 Å². The van der Waals surface area contributed by atoms with Gasteiger partial charge in [-0.05, 0) is 76.3 Å². The van der Waals surface area contributed by atoms with Gasteiger partial charge in [0.15, 0.2) is 0 Å². The average Bonchev–Trinajstić information content (AvgIpc) is 2.75. The summed E-state index contributed by atoms with van der Waals surface area (Å²) in [5.41, 5.74) is 5.40. The molecule has 1 atom stereocenters. The van der Waals surface area contributed by atoms with Crippen molar-refractivity contribution in [2.45, 2.75) is 72.3 Å². The molecule has 0 aliphatic rings. The molecule has 3 rings (SSSR count). The van der Waals surface area contributed by atoms with E-state index in [9.17, 15) is 24.9 Å². The number of aliphatic hydroxyl groups is 1. The van der Waals surface area contributed by atoms with Crippen LogP contribution >= 0.6 is 0 Å². The smallest absolute Gasteiger partial charge is 0.336 e. The van der Waals surface area contributed by atoms with Crippen LogP contribution in [-0.2, 0) is 10.8 Å². The summed E-state index contributed by atoms with van der Waals surface area (Å²) in [6, 6.07) is 13.9. The number of carboxylic acid groups (broad SMARTS) is 2. The maximum atomic E-state index is 12.2. The Bertz CT molecular complexity index is 1340. The summed E-state index contributed by atoms with van der Waals surface area (Å²) in [7, 11) is 0. The Balaban J connectivity index is 2.45. The molecule has 0 aliphatic heterocycles. The molecule has 1 unspecified atom stereocenters. The van der Waals surface area contributed by atoms with Gasteiger partial charge in [-0.1, -0.05) is 83.0 Å². The highest BCUT2D eigenvalue weighted by atomic mass is 16.4. The molecule has 3 aromatic carbocycles. The van der Waals surface area contributed by atoms with Crippen LogP contribution in [0.25, 0.3) is 11.1 Å². The molecule has 5 nitrogen and oxygen atoms in total. The summed E-state index contributed by atoms with van der Waals surface area (Å²) >= 11 is 0. The van der Waals surface area contributed by atoms with E-state index in [0.29, 0.717) is 16.7 Å². The van der Waals surface area contributed by atoms with E-state index in [2.05, 4.69) is 26.8 Å². The molecule has 0 spiro atoms. The summed E-state index contributed by atoms with van der Waals surface area (Å²) < 4.78 is 0. The lowest BCUT2D eigenvalue weighted by molar-refractivity contribution is 0.0682. The van der Waals surface area contributed by atoms with Gasteiger partial charge in [-0.3, -0.25) is 0 Å². The van der Waals surface area contributed by atoms with E-state index in [1.807, 2.05) is 58.9 Å². The van der Waals surface area contributed by atoms with Crippen LogP contribution in [0, 0.1) is 13.8 Å². The molecular weight excluding hydrogens is 452 g/mol. The Hall–Kier alpha value is -3.44. The minimum Gasteiger partial charge on any atom is -0.478 e. The Morgan fingerprint density at radius 2 is 1.36 bits per heavy atom. The zero-order valence-electron chi connectivity index (χ0n) is 22.4. The summed E-state index contributed by atoms with van der Waals surface area (Å²) in [5, 5.41) is 31.5. The third kappa shape index (κ3) is 5.52. The van der Waals surface area contributed by atoms with Crippen molar-refractivity contribution in [1.29, 1.82) is 0 Å². The number of aryl methyl sites for hydroxylation is 2. The number of carboxylic acids is 2. The van der Waals surface area contributed by atoms with Gasteiger partial charge in [-0.15, -0.1) is 0 Å². The topological polar surface area (TPSA) is 94.8 Å². The summed E-state index contributed by atoms with van der Waals surface area (Å²) in [5.74, 6) is -2.30. The van der Waals surface area contributed by atoms with Crippen LogP contribution in [0.5, 0.6) is 0 Å². The molecule has 3 aromatic rings. The third-order valence-electron chi connectivity index (χ3n) is 6.46. The van der Waals surface area contributed by atoms with Crippen LogP contribution in [0.3, 0.4) is 0 Å². The zero-order valence-corrected chi connectivity index (χ0v) is 22.4. The highest BCUT2D eigenvalue weighted by Crippen LogP contribution is 2.43. The van der Waals surface area contributed by atoms with Crippen LogP contribution in [0.1, 0.15) is 102 Å². The second kappa shape index (κ2) is 9.55. The van der Waals surface area contributed by atoms with Crippen molar-refractivity contribution in [3.8, 4) is 11.1 Å². The fourth-order valence-corrected chi connectivity index (χ4v) is 4.58. The largest absolute Gasteiger partial charge is 0.478 e. The van der Waals surface area contributed by atoms with Gasteiger partial charge in [0.2, 0.25) is 0 Å². The molecule has 5 heteroatoms. The Morgan fingerprint density at radius 3 is 1.89 bits per heavy atom. The lowest BCUT2D eigenvalue weighted by Gasteiger charge is -2.29. The maximum Gasteiger partial charge on any atom is 0.336 e. The first-order valence-corrected chi connectivity index (χ1v) is 12.1. The molecule has 3 N–H and O–H groups in total. The molecule has 0 saturated heterocycles. The second-order valence-corrected chi connectivity index (χ2v) is 11.7. The van der Waals surface area contributed by atoms with Gasteiger partial charge in [0.1, 0.15) is 6.10 Å². The molecule has 0 aliphatic carbocycles. The number of hydrogen-bond donors (Lipinski definition) is 3. The fraction of sp³-hybridized carbons (Fsp3) is 0.355. The van der Waals surface area contributed by atoms with Gasteiger partial charge in [0.25, 0.3) is 0 Å². The second-order valence-electron chi connectivity index (χ2n) is 11.7. The molecule has 190 valence electrons. The van der Waals surface area contributed by atoms with Crippen molar-refractivity contribution in [3.05, 3.63) is 93.0 Å². The van der Waals surface area contributed by atoms with E-state index in [0.717, 1.165) is 22.3 Å². The van der Waals surface area contributed by atoms with Gasteiger partial charge in [0.05, 0.1) is 11.1 Å². The normalized spacial score (nSPS) is 12.9. The molecule has 36 heavy (non-hydrogen) atoms. The van der Waals surface area contributed by atoms with Crippen LogP contribution < -0.4 is 0 Å². The van der Waals surface area contributed by atoms with Gasteiger partial charge < -0.3 is 15.3 Å². The summed E-state index contributed by atoms with van der Waals surface area (Å²) in [4.78, 5) is 24.1. The number of aromatic carboxylic acids is 2. The van der Waals surface area contributed by atoms with Crippen LogP contribution in [0.2, 0.25) is 0 Å². The zero-order chi connectivity index (χ0) is 27.2. The van der Waals surface area contributed by atoms with Crippen LogP contribution in [0.15, 0.2) is 48.5 Å². The van der Waals surface area contributed by atoms with Gasteiger partial charge in [-0.25, -0.2) is 9.59 Å². The quantitative estimate of drug-likeness (QED) is 0.358. The van der Waals surface area contributed by atoms with Crippen molar-refractivity contribution < 1.29 is 24.9 Å². The van der Waals surface area contributed by atoms with Crippen molar-refractivity contribution in [2.75, 3.05) is 0 Å². The summed E-state index contributed by atoms with van der Waals surface area (Å²) in [6.45, 7) is 16.3. The maximum absolute atomic E-state index is 12.2. The number of rotatable bonds is 5. The van der Waals surface area contributed by atoms with Gasteiger partial charge in [0, 0.05) is 0 Å². The molecular formula is C31H36O5. The molecule has 0 saturated carbocycles. The molecule has 0 aromatic heterocycles. The third-order valence-corrected chi connectivity index (χ3v) is 6.46. The lowest BCUT2D eigenvalue weighted by atomic mass is 9.76. The highest BCUT2D eigenvalue weighted by molar-refractivity contribution is 6.00.